The van der Waals surface area contributed by atoms with Gasteiger partial charge in [-0.05, 0) is 59.1 Å². The molecule has 25 heavy (non-hydrogen) atoms. The molecule has 0 bridgehead atoms. The molecule has 2 rings (SSSR count). The fourth-order valence-corrected chi connectivity index (χ4v) is 3.28. The van der Waals surface area contributed by atoms with Crippen molar-refractivity contribution in [3.8, 4) is 11.5 Å². The molecule has 0 amide bonds. The summed E-state index contributed by atoms with van der Waals surface area (Å²) in [6, 6.07) is 11.9. The fraction of sp³-hybridized carbons (Fsp3) is 0.478. The van der Waals surface area contributed by atoms with E-state index in [0.717, 1.165) is 24.0 Å². The Balaban J connectivity index is 2.52. The maximum absolute atomic E-state index is 10.2. The lowest BCUT2D eigenvalue weighted by Crippen LogP contribution is -2.19. The van der Waals surface area contributed by atoms with E-state index in [1.54, 1.807) is 0 Å². The van der Waals surface area contributed by atoms with Crippen LogP contribution in [0.1, 0.15) is 88.5 Å². The first-order valence-electron chi connectivity index (χ1n) is 9.39. The maximum Gasteiger partial charge on any atom is 0.119 e. The summed E-state index contributed by atoms with van der Waals surface area (Å²) in [4.78, 5) is 0. The Hall–Kier alpha value is -1.96. The third kappa shape index (κ3) is 3.84. The van der Waals surface area contributed by atoms with Gasteiger partial charge in [0.15, 0.2) is 0 Å². The number of aromatic hydroxyl groups is 2. The molecular weight excluding hydrogens is 308 g/mol. The van der Waals surface area contributed by atoms with Crippen molar-refractivity contribution in [2.75, 3.05) is 0 Å². The summed E-state index contributed by atoms with van der Waals surface area (Å²) in [6.07, 6.45) is 1.99. The Bertz CT molecular complexity index is 669. The topological polar surface area (TPSA) is 40.5 Å². The monoisotopic (exact) mass is 340 g/mol. The zero-order valence-corrected chi connectivity index (χ0v) is 16.4. The van der Waals surface area contributed by atoms with E-state index in [-0.39, 0.29) is 5.41 Å². The van der Waals surface area contributed by atoms with Crippen LogP contribution in [0.25, 0.3) is 0 Å². The standard InChI is InChI=1S/C23H32O2/c1-7-15(3)19-13-17(9-11-21(19)24)23(5,6)18-10-12-22(25)20(14-18)16(4)8-2/h9-16,24-25H,7-8H2,1-6H3/t15-,16-/m1/s1. The molecule has 0 aliphatic heterocycles. The summed E-state index contributed by atoms with van der Waals surface area (Å²) in [6.45, 7) is 13.0. The van der Waals surface area contributed by atoms with Crippen molar-refractivity contribution in [3.05, 3.63) is 58.7 Å². The molecule has 2 aromatic rings. The lowest BCUT2D eigenvalue weighted by molar-refractivity contribution is 0.460. The van der Waals surface area contributed by atoms with Crippen molar-refractivity contribution in [3.63, 3.8) is 0 Å². The number of hydrogen-bond donors (Lipinski definition) is 2. The lowest BCUT2D eigenvalue weighted by Gasteiger charge is -2.29. The normalized spacial score (nSPS) is 14.3. The highest BCUT2D eigenvalue weighted by Gasteiger charge is 2.26. The van der Waals surface area contributed by atoms with E-state index in [1.165, 1.54) is 11.1 Å². The molecule has 0 radical (unpaired) electrons. The number of benzene rings is 2. The molecule has 0 aliphatic rings. The van der Waals surface area contributed by atoms with E-state index in [4.69, 9.17) is 0 Å². The fourth-order valence-electron chi connectivity index (χ4n) is 3.28. The summed E-state index contributed by atoms with van der Waals surface area (Å²) >= 11 is 0. The Morgan fingerprint density at radius 3 is 1.44 bits per heavy atom. The molecule has 0 unspecified atom stereocenters. The highest BCUT2D eigenvalue weighted by atomic mass is 16.3. The smallest absolute Gasteiger partial charge is 0.119 e. The number of phenols is 2. The number of phenolic OH excluding ortho intramolecular Hbond substituents is 2. The molecule has 2 heteroatoms. The molecule has 0 fully saturated rings. The summed E-state index contributed by atoms with van der Waals surface area (Å²) < 4.78 is 0. The van der Waals surface area contributed by atoms with E-state index in [9.17, 15) is 10.2 Å². The third-order valence-corrected chi connectivity index (χ3v) is 5.79. The van der Waals surface area contributed by atoms with Gasteiger partial charge in [-0.2, -0.15) is 0 Å². The average molecular weight is 341 g/mol. The highest BCUT2D eigenvalue weighted by Crippen LogP contribution is 2.39. The number of rotatable bonds is 6. The number of hydrogen-bond acceptors (Lipinski definition) is 2. The first-order valence-corrected chi connectivity index (χ1v) is 9.39. The van der Waals surface area contributed by atoms with Crippen molar-refractivity contribution < 1.29 is 10.2 Å². The van der Waals surface area contributed by atoms with Gasteiger partial charge in [0, 0.05) is 5.41 Å². The second-order valence-corrected chi connectivity index (χ2v) is 7.79. The average Bonchev–Trinajstić information content (AvgIpc) is 2.60. The van der Waals surface area contributed by atoms with Gasteiger partial charge in [0.05, 0.1) is 0 Å². The molecular formula is C23H32O2. The molecule has 0 saturated heterocycles. The van der Waals surface area contributed by atoms with Gasteiger partial charge in [-0.25, -0.2) is 0 Å². The van der Waals surface area contributed by atoms with E-state index in [1.807, 2.05) is 24.3 Å². The Morgan fingerprint density at radius 2 is 1.12 bits per heavy atom. The van der Waals surface area contributed by atoms with Gasteiger partial charge in [-0.1, -0.05) is 65.8 Å². The van der Waals surface area contributed by atoms with E-state index in [2.05, 4.69) is 53.7 Å². The minimum Gasteiger partial charge on any atom is -0.508 e. The first-order chi connectivity index (χ1) is 11.7. The van der Waals surface area contributed by atoms with Crippen molar-refractivity contribution in [2.24, 2.45) is 0 Å². The lowest BCUT2D eigenvalue weighted by atomic mass is 9.75. The largest absolute Gasteiger partial charge is 0.508 e. The van der Waals surface area contributed by atoms with Crippen LogP contribution < -0.4 is 0 Å². The summed E-state index contributed by atoms with van der Waals surface area (Å²) in [5.74, 6) is 1.40. The second kappa shape index (κ2) is 7.51. The van der Waals surface area contributed by atoms with Gasteiger partial charge in [-0.15, -0.1) is 0 Å². The van der Waals surface area contributed by atoms with Crippen LogP contribution in [0.15, 0.2) is 36.4 Å². The SMILES string of the molecule is CC[C@@H](C)c1cc(C(C)(C)c2ccc(O)c([C@H](C)CC)c2)ccc1O. The summed E-state index contributed by atoms with van der Waals surface area (Å²) in [5, 5.41) is 20.4. The Labute approximate surface area is 152 Å². The van der Waals surface area contributed by atoms with Crippen molar-refractivity contribution >= 4 is 0 Å². The van der Waals surface area contributed by atoms with Crippen molar-refractivity contribution in [2.45, 2.75) is 71.6 Å². The minimum atomic E-state index is -0.203. The molecule has 0 spiro atoms. The van der Waals surface area contributed by atoms with E-state index in [0.29, 0.717) is 23.3 Å². The molecule has 0 saturated carbocycles. The molecule has 2 atom stereocenters. The quantitative estimate of drug-likeness (QED) is 0.634. The van der Waals surface area contributed by atoms with Crippen LogP contribution in [0.5, 0.6) is 11.5 Å². The molecule has 136 valence electrons. The van der Waals surface area contributed by atoms with Crippen LogP contribution in [-0.2, 0) is 5.41 Å². The summed E-state index contributed by atoms with van der Waals surface area (Å²) in [5.41, 5.74) is 4.18. The van der Waals surface area contributed by atoms with Crippen LogP contribution in [0.2, 0.25) is 0 Å². The van der Waals surface area contributed by atoms with Gasteiger partial charge in [-0.3, -0.25) is 0 Å². The van der Waals surface area contributed by atoms with E-state index < -0.39 is 0 Å². The highest BCUT2D eigenvalue weighted by molar-refractivity contribution is 5.48. The minimum absolute atomic E-state index is 0.203. The van der Waals surface area contributed by atoms with Gasteiger partial charge in [0.2, 0.25) is 0 Å². The predicted molar refractivity (Wildman–Crippen MR) is 106 cm³/mol. The molecule has 2 N–H and O–H groups in total. The van der Waals surface area contributed by atoms with Gasteiger partial charge < -0.3 is 10.2 Å². The summed E-state index contributed by atoms with van der Waals surface area (Å²) in [7, 11) is 0. The zero-order valence-electron chi connectivity index (χ0n) is 16.4. The van der Waals surface area contributed by atoms with Crippen molar-refractivity contribution in [1.29, 1.82) is 0 Å². The maximum atomic E-state index is 10.2. The van der Waals surface area contributed by atoms with Gasteiger partial charge in [0.1, 0.15) is 11.5 Å². The Kier molecular flexibility index (Phi) is 5.82. The van der Waals surface area contributed by atoms with Gasteiger partial charge >= 0.3 is 0 Å². The Morgan fingerprint density at radius 1 is 0.760 bits per heavy atom. The third-order valence-electron chi connectivity index (χ3n) is 5.79. The second-order valence-electron chi connectivity index (χ2n) is 7.79. The molecule has 0 aromatic heterocycles. The predicted octanol–water partition coefficient (Wildman–Crippen LogP) is 6.45. The van der Waals surface area contributed by atoms with Crippen LogP contribution in [0, 0.1) is 0 Å². The van der Waals surface area contributed by atoms with Crippen LogP contribution in [-0.4, -0.2) is 10.2 Å². The van der Waals surface area contributed by atoms with Gasteiger partial charge in [0.25, 0.3) is 0 Å². The van der Waals surface area contributed by atoms with Crippen LogP contribution >= 0.6 is 0 Å². The molecule has 2 aromatic carbocycles. The van der Waals surface area contributed by atoms with Crippen LogP contribution in [0.3, 0.4) is 0 Å². The molecule has 0 heterocycles. The van der Waals surface area contributed by atoms with Crippen molar-refractivity contribution in [1.82, 2.24) is 0 Å². The van der Waals surface area contributed by atoms with E-state index >= 15 is 0 Å². The molecule has 2 nitrogen and oxygen atoms in total. The zero-order chi connectivity index (χ0) is 18.8. The van der Waals surface area contributed by atoms with Crippen LogP contribution in [0.4, 0.5) is 0 Å². The molecule has 0 aliphatic carbocycles. The first kappa shape index (κ1) is 19.4.